The van der Waals surface area contributed by atoms with Gasteiger partial charge in [-0.2, -0.15) is 0 Å². The van der Waals surface area contributed by atoms with E-state index in [1.165, 1.54) is 12.1 Å². The highest BCUT2D eigenvalue weighted by Crippen LogP contribution is 2.19. The molecule has 23 heavy (non-hydrogen) atoms. The number of carboxylic acid groups (broad SMARTS) is 1. The number of hydrogen-bond donors (Lipinski definition) is 3. The van der Waals surface area contributed by atoms with Gasteiger partial charge in [0.2, 0.25) is 0 Å². The lowest BCUT2D eigenvalue weighted by Gasteiger charge is -2.16. The van der Waals surface area contributed by atoms with Crippen LogP contribution in [-0.4, -0.2) is 35.0 Å². The number of hydrogen-bond acceptors (Lipinski definition) is 3. The molecule has 0 radical (unpaired) electrons. The Labute approximate surface area is 135 Å². The minimum Gasteiger partial charge on any atom is -0.480 e. The van der Waals surface area contributed by atoms with Crippen LogP contribution in [0, 0.1) is 5.92 Å². The Balaban J connectivity index is 1.98. The highest BCUT2D eigenvalue weighted by atomic mass is 16.4. The highest BCUT2D eigenvalue weighted by molar-refractivity contribution is 5.99. The van der Waals surface area contributed by atoms with Crippen molar-refractivity contribution in [2.24, 2.45) is 5.92 Å². The summed E-state index contributed by atoms with van der Waals surface area (Å²) in [5.74, 6) is -1.49. The minimum atomic E-state index is -1.05. The number of rotatable bonds is 7. The molecule has 1 saturated carbocycles. The molecule has 0 aliphatic heterocycles. The number of carbonyl (C=O) groups is 3. The van der Waals surface area contributed by atoms with E-state index in [1.54, 1.807) is 12.1 Å². The molecule has 0 bridgehead atoms. The number of nitrogens with one attached hydrogen (secondary N) is 2. The van der Waals surface area contributed by atoms with E-state index >= 15 is 0 Å². The monoisotopic (exact) mass is 318 g/mol. The van der Waals surface area contributed by atoms with Gasteiger partial charge in [-0.05, 0) is 49.4 Å². The molecule has 1 aliphatic carbocycles. The Morgan fingerprint density at radius 1 is 1.09 bits per heavy atom. The van der Waals surface area contributed by atoms with E-state index in [-0.39, 0.29) is 17.9 Å². The molecule has 0 heterocycles. The Morgan fingerprint density at radius 2 is 1.61 bits per heavy atom. The first-order valence-corrected chi connectivity index (χ1v) is 7.81. The summed E-state index contributed by atoms with van der Waals surface area (Å²) in [6, 6.07) is 5.57. The van der Waals surface area contributed by atoms with Crippen molar-refractivity contribution in [2.75, 3.05) is 0 Å². The summed E-state index contributed by atoms with van der Waals surface area (Å²) in [4.78, 5) is 35.2. The van der Waals surface area contributed by atoms with Crippen LogP contribution in [0.3, 0.4) is 0 Å². The molecule has 1 fully saturated rings. The fourth-order valence-electron chi connectivity index (χ4n) is 2.20. The number of aliphatic carboxylic acids is 1. The number of carboxylic acids is 1. The summed E-state index contributed by atoms with van der Waals surface area (Å²) >= 11 is 0. The lowest BCUT2D eigenvalue weighted by molar-refractivity contribution is -0.139. The lowest BCUT2D eigenvalue weighted by Crippen LogP contribution is -2.41. The molecular weight excluding hydrogens is 296 g/mol. The molecule has 0 saturated heterocycles. The molecular formula is C17H22N2O4. The SMILES string of the molecule is CC(C)C[C@@H](NC(=O)c1ccc(C(=O)NC2CC2)cc1)C(=O)O. The van der Waals surface area contributed by atoms with E-state index in [0.717, 1.165) is 12.8 Å². The third-order valence-corrected chi connectivity index (χ3v) is 3.63. The Morgan fingerprint density at radius 3 is 2.04 bits per heavy atom. The van der Waals surface area contributed by atoms with Crippen molar-refractivity contribution in [1.29, 1.82) is 0 Å². The Kier molecular flexibility index (Phi) is 5.36. The summed E-state index contributed by atoms with van der Waals surface area (Å²) < 4.78 is 0. The predicted molar refractivity (Wildman–Crippen MR) is 85.3 cm³/mol. The quantitative estimate of drug-likeness (QED) is 0.714. The molecule has 3 N–H and O–H groups in total. The third-order valence-electron chi connectivity index (χ3n) is 3.63. The van der Waals surface area contributed by atoms with Crippen LogP contribution in [0.4, 0.5) is 0 Å². The summed E-state index contributed by atoms with van der Waals surface area (Å²) in [7, 11) is 0. The normalized spacial score (nSPS) is 15.1. The fourth-order valence-corrected chi connectivity index (χ4v) is 2.20. The Hall–Kier alpha value is -2.37. The number of carbonyl (C=O) groups excluding carboxylic acids is 2. The van der Waals surface area contributed by atoms with E-state index < -0.39 is 17.9 Å². The smallest absolute Gasteiger partial charge is 0.326 e. The second kappa shape index (κ2) is 7.26. The molecule has 2 rings (SSSR count). The van der Waals surface area contributed by atoms with Crippen LogP contribution in [0.2, 0.25) is 0 Å². The van der Waals surface area contributed by atoms with Crippen LogP contribution >= 0.6 is 0 Å². The highest BCUT2D eigenvalue weighted by Gasteiger charge is 2.24. The van der Waals surface area contributed by atoms with Gasteiger partial charge in [-0.15, -0.1) is 0 Å². The fraction of sp³-hybridized carbons (Fsp3) is 0.471. The van der Waals surface area contributed by atoms with Crippen LogP contribution in [0.15, 0.2) is 24.3 Å². The molecule has 1 aliphatic rings. The molecule has 0 spiro atoms. The van der Waals surface area contributed by atoms with Crippen LogP contribution in [0.1, 0.15) is 53.8 Å². The zero-order valence-electron chi connectivity index (χ0n) is 13.3. The van der Waals surface area contributed by atoms with E-state index in [0.29, 0.717) is 17.5 Å². The van der Waals surface area contributed by atoms with E-state index in [4.69, 9.17) is 5.11 Å². The van der Waals surface area contributed by atoms with Crippen LogP contribution in [0.5, 0.6) is 0 Å². The van der Waals surface area contributed by atoms with Gasteiger partial charge < -0.3 is 15.7 Å². The molecule has 2 amide bonds. The van der Waals surface area contributed by atoms with Gasteiger partial charge in [0.25, 0.3) is 11.8 Å². The topological polar surface area (TPSA) is 95.5 Å². The first-order valence-electron chi connectivity index (χ1n) is 7.81. The van der Waals surface area contributed by atoms with Gasteiger partial charge in [-0.1, -0.05) is 13.8 Å². The van der Waals surface area contributed by atoms with Crippen LogP contribution in [-0.2, 0) is 4.79 Å². The van der Waals surface area contributed by atoms with Crippen molar-refractivity contribution in [1.82, 2.24) is 10.6 Å². The van der Waals surface area contributed by atoms with Crippen molar-refractivity contribution in [3.8, 4) is 0 Å². The van der Waals surface area contributed by atoms with Gasteiger partial charge in [0.1, 0.15) is 6.04 Å². The zero-order chi connectivity index (χ0) is 17.0. The van der Waals surface area contributed by atoms with Crippen LogP contribution in [0.25, 0.3) is 0 Å². The van der Waals surface area contributed by atoms with Gasteiger partial charge in [0.05, 0.1) is 0 Å². The molecule has 1 atom stereocenters. The molecule has 1 aromatic rings. The molecule has 0 aromatic heterocycles. The second-order valence-corrected chi connectivity index (χ2v) is 6.32. The first kappa shape index (κ1) is 17.0. The lowest BCUT2D eigenvalue weighted by atomic mass is 10.0. The number of benzene rings is 1. The average molecular weight is 318 g/mol. The van der Waals surface area contributed by atoms with Gasteiger partial charge in [-0.25, -0.2) is 4.79 Å². The number of amides is 2. The minimum absolute atomic E-state index is 0.150. The maximum atomic E-state index is 12.1. The van der Waals surface area contributed by atoms with Crippen molar-refractivity contribution in [2.45, 2.75) is 45.2 Å². The molecule has 1 aromatic carbocycles. The van der Waals surface area contributed by atoms with E-state index in [9.17, 15) is 14.4 Å². The predicted octanol–water partition coefficient (Wildman–Crippen LogP) is 1.81. The van der Waals surface area contributed by atoms with Crippen molar-refractivity contribution in [3.05, 3.63) is 35.4 Å². The molecule has 6 heteroatoms. The van der Waals surface area contributed by atoms with Gasteiger partial charge in [0, 0.05) is 17.2 Å². The summed E-state index contributed by atoms with van der Waals surface area (Å²) in [5, 5.41) is 14.5. The molecule has 6 nitrogen and oxygen atoms in total. The summed E-state index contributed by atoms with van der Waals surface area (Å²) in [5.41, 5.74) is 0.827. The maximum absolute atomic E-state index is 12.1. The van der Waals surface area contributed by atoms with E-state index in [1.807, 2.05) is 13.8 Å². The largest absolute Gasteiger partial charge is 0.480 e. The average Bonchev–Trinajstić information content (AvgIpc) is 3.30. The van der Waals surface area contributed by atoms with Crippen LogP contribution < -0.4 is 10.6 Å². The van der Waals surface area contributed by atoms with Gasteiger partial charge in [-0.3, -0.25) is 9.59 Å². The van der Waals surface area contributed by atoms with Crippen molar-refractivity contribution >= 4 is 17.8 Å². The standard InChI is InChI=1S/C17H22N2O4/c1-10(2)9-14(17(22)23)19-16(21)12-5-3-11(4-6-12)15(20)18-13-7-8-13/h3-6,10,13-14H,7-9H2,1-2H3,(H,18,20)(H,19,21)(H,22,23)/t14-/m1/s1. The molecule has 0 unspecified atom stereocenters. The van der Waals surface area contributed by atoms with Crippen molar-refractivity contribution in [3.63, 3.8) is 0 Å². The summed E-state index contributed by atoms with van der Waals surface area (Å²) in [6.45, 7) is 3.80. The maximum Gasteiger partial charge on any atom is 0.326 e. The van der Waals surface area contributed by atoms with Gasteiger partial charge in [0.15, 0.2) is 0 Å². The first-order chi connectivity index (χ1) is 10.9. The van der Waals surface area contributed by atoms with Crippen molar-refractivity contribution < 1.29 is 19.5 Å². The van der Waals surface area contributed by atoms with Gasteiger partial charge >= 0.3 is 5.97 Å². The third kappa shape index (κ3) is 5.09. The summed E-state index contributed by atoms with van der Waals surface area (Å²) in [6.07, 6.45) is 2.39. The zero-order valence-corrected chi connectivity index (χ0v) is 13.3. The Bertz CT molecular complexity index is 591. The second-order valence-electron chi connectivity index (χ2n) is 6.32. The van der Waals surface area contributed by atoms with E-state index in [2.05, 4.69) is 10.6 Å². The molecule has 124 valence electrons.